The highest BCUT2D eigenvalue weighted by atomic mass is 16.2. The molecule has 0 radical (unpaired) electrons. The number of rotatable bonds is 17. The summed E-state index contributed by atoms with van der Waals surface area (Å²) in [5.41, 5.74) is 16.0. The monoisotopic (exact) mass is 442 g/mol. The molecule has 0 saturated heterocycles. The molecular weight excluding hydrogens is 404 g/mol. The van der Waals surface area contributed by atoms with Gasteiger partial charge >= 0.3 is 0 Å². The van der Waals surface area contributed by atoms with Crippen LogP contribution in [-0.4, -0.2) is 74.8 Å². The van der Waals surface area contributed by atoms with Crippen molar-refractivity contribution in [2.45, 2.75) is 57.5 Å². The van der Waals surface area contributed by atoms with Crippen molar-refractivity contribution < 1.29 is 19.2 Å². The maximum Gasteiger partial charge on any atom is 0.242 e. The summed E-state index contributed by atoms with van der Waals surface area (Å²) in [4.78, 5) is 52.2. The van der Waals surface area contributed by atoms with Crippen molar-refractivity contribution >= 4 is 29.5 Å². The Balaban J connectivity index is 4.62. The fourth-order valence-corrected chi connectivity index (χ4v) is 2.64. The fraction of sp³-hybridized carbons (Fsp3) is 0.737. The van der Waals surface area contributed by atoms with Crippen molar-refractivity contribution in [3.63, 3.8) is 0 Å². The van der Waals surface area contributed by atoms with Gasteiger partial charge in [-0.3, -0.25) is 24.2 Å². The number of unbranched alkanes of at least 4 members (excludes halogenated alkanes) is 1. The molecule has 0 bridgehead atoms. The smallest absolute Gasteiger partial charge is 0.242 e. The molecule has 0 spiro atoms. The predicted molar refractivity (Wildman–Crippen MR) is 119 cm³/mol. The van der Waals surface area contributed by atoms with Gasteiger partial charge < -0.3 is 38.5 Å². The molecule has 0 aliphatic carbocycles. The van der Waals surface area contributed by atoms with Crippen molar-refractivity contribution in [1.82, 2.24) is 21.3 Å². The van der Waals surface area contributed by atoms with Gasteiger partial charge in [-0.2, -0.15) is 0 Å². The summed E-state index contributed by atoms with van der Waals surface area (Å²) in [6.07, 6.45) is 3.11. The third-order valence-corrected chi connectivity index (χ3v) is 4.49. The minimum atomic E-state index is -0.805. The maximum absolute atomic E-state index is 12.3. The first-order chi connectivity index (χ1) is 14.7. The van der Waals surface area contributed by atoms with E-state index in [2.05, 4.69) is 26.3 Å². The van der Waals surface area contributed by atoms with E-state index in [9.17, 15) is 19.2 Å². The highest BCUT2D eigenvalue weighted by molar-refractivity contribution is 5.92. The maximum atomic E-state index is 12.3. The second kappa shape index (κ2) is 17.0. The minimum absolute atomic E-state index is 0.00811. The number of Topliss-reactive ketones (excluding diaryl/α,β-unsaturated/α-hetero) is 1. The summed E-state index contributed by atoms with van der Waals surface area (Å²) in [5, 5.41) is 10.6. The number of nitrogens with two attached hydrogens (primary N) is 3. The molecule has 2 atom stereocenters. The number of aliphatic imine (C=N–C) groups is 1. The van der Waals surface area contributed by atoms with Gasteiger partial charge in [0.2, 0.25) is 17.7 Å². The average Bonchev–Trinajstić information content (AvgIpc) is 2.74. The SMILES string of the molecule is CCC(=O)CNC(=O)C(CCCCN)NC(=O)CNC(=O)C(CCCN=C(N)N)NC. The molecule has 0 aromatic heterocycles. The number of guanidine groups is 1. The Hall–Kier alpha value is -2.73. The summed E-state index contributed by atoms with van der Waals surface area (Å²) in [7, 11) is 1.64. The lowest BCUT2D eigenvalue weighted by Gasteiger charge is -2.19. The molecule has 0 fully saturated rings. The van der Waals surface area contributed by atoms with Gasteiger partial charge in [0.25, 0.3) is 0 Å². The Bertz CT molecular complexity index is 608. The van der Waals surface area contributed by atoms with E-state index in [0.29, 0.717) is 51.6 Å². The topological polar surface area (TPSA) is 207 Å². The van der Waals surface area contributed by atoms with E-state index >= 15 is 0 Å². The van der Waals surface area contributed by atoms with Crippen LogP contribution in [0.5, 0.6) is 0 Å². The summed E-state index contributed by atoms with van der Waals surface area (Å²) in [5.74, 6) is -1.40. The molecule has 3 amide bonds. The third kappa shape index (κ3) is 14.0. The van der Waals surface area contributed by atoms with Crippen LogP contribution in [0, 0.1) is 0 Å². The molecule has 0 saturated carbocycles. The van der Waals surface area contributed by atoms with Crippen molar-refractivity contribution in [2.24, 2.45) is 22.2 Å². The van der Waals surface area contributed by atoms with Crippen molar-refractivity contribution in [3.8, 4) is 0 Å². The van der Waals surface area contributed by atoms with Crippen LogP contribution in [0.25, 0.3) is 0 Å². The number of carbonyl (C=O) groups is 4. The van der Waals surface area contributed by atoms with Gasteiger partial charge in [-0.25, -0.2) is 0 Å². The van der Waals surface area contributed by atoms with E-state index in [-0.39, 0.29) is 30.7 Å². The standard InChI is InChI=1S/C19H38N8O4/c1-3-13(28)11-25-18(31)15(7-4-5-9-20)27-16(29)12-26-17(30)14(23-2)8-6-10-24-19(21)22/h14-15,23H,3-12,20H2,1-2H3,(H,25,31)(H,26,30)(H,27,29)(H4,21,22,24). The molecule has 178 valence electrons. The number of ketones is 1. The van der Waals surface area contributed by atoms with Gasteiger partial charge in [0.05, 0.1) is 19.1 Å². The van der Waals surface area contributed by atoms with E-state index in [4.69, 9.17) is 17.2 Å². The van der Waals surface area contributed by atoms with Gasteiger partial charge in [-0.15, -0.1) is 0 Å². The predicted octanol–water partition coefficient (Wildman–Crippen LogP) is -2.55. The zero-order valence-electron chi connectivity index (χ0n) is 18.5. The Kier molecular flexibility index (Phi) is 15.5. The van der Waals surface area contributed by atoms with Crippen LogP contribution in [-0.2, 0) is 19.2 Å². The molecular formula is C19H38N8O4. The van der Waals surface area contributed by atoms with Crippen LogP contribution >= 0.6 is 0 Å². The van der Waals surface area contributed by atoms with Crippen LogP contribution in [0.15, 0.2) is 4.99 Å². The highest BCUT2D eigenvalue weighted by Gasteiger charge is 2.22. The van der Waals surface area contributed by atoms with Crippen LogP contribution in [0.3, 0.4) is 0 Å². The first-order valence-electron chi connectivity index (χ1n) is 10.5. The lowest BCUT2D eigenvalue weighted by Crippen LogP contribution is -2.51. The molecule has 10 N–H and O–H groups in total. The lowest BCUT2D eigenvalue weighted by atomic mass is 10.1. The van der Waals surface area contributed by atoms with Gasteiger partial charge in [0.1, 0.15) is 6.04 Å². The van der Waals surface area contributed by atoms with E-state index in [1.54, 1.807) is 14.0 Å². The molecule has 2 unspecified atom stereocenters. The molecule has 0 aliphatic heterocycles. The fourth-order valence-electron chi connectivity index (χ4n) is 2.64. The van der Waals surface area contributed by atoms with E-state index in [0.717, 1.165) is 0 Å². The van der Waals surface area contributed by atoms with E-state index in [1.807, 2.05) is 0 Å². The normalized spacial score (nSPS) is 12.4. The van der Waals surface area contributed by atoms with Gasteiger partial charge in [0, 0.05) is 13.0 Å². The Morgan fingerprint density at radius 2 is 1.52 bits per heavy atom. The number of nitrogens with zero attached hydrogens (tertiary/aromatic N) is 1. The molecule has 0 aliphatic rings. The Morgan fingerprint density at radius 3 is 2.10 bits per heavy atom. The van der Waals surface area contributed by atoms with E-state index in [1.165, 1.54) is 0 Å². The number of hydrogen-bond acceptors (Lipinski definition) is 7. The number of amides is 3. The Morgan fingerprint density at radius 1 is 0.903 bits per heavy atom. The van der Waals surface area contributed by atoms with Gasteiger partial charge in [0.15, 0.2) is 11.7 Å². The average molecular weight is 443 g/mol. The van der Waals surface area contributed by atoms with Gasteiger partial charge in [-0.05, 0) is 45.7 Å². The largest absolute Gasteiger partial charge is 0.370 e. The van der Waals surface area contributed by atoms with Crippen molar-refractivity contribution in [3.05, 3.63) is 0 Å². The summed E-state index contributed by atoms with van der Waals surface area (Å²) in [6.45, 7) is 2.21. The number of nitrogens with one attached hydrogen (secondary N) is 4. The van der Waals surface area contributed by atoms with Crippen LogP contribution in [0.1, 0.15) is 45.4 Å². The molecule has 0 aromatic carbocycles. The van der Waals surface area contributed by atoms with Crippen molar-refractivity contribution in [2.75, 3.05) is 33.2 Å². The molecule has 12 nitrogen and oxygen atoms in total. The molecule has 0 heterocycles. The highest BCUT2D eigenvalue weighted by Crippen LogP contribution is 2.01. The second-order valence-corrected chi connectivity index (χ2v) is 7.02. The summed E-state index contributed by atoms with van der Waals surface area (Å²) < 4.78 is 0. The summed E-state index contributed by atoms with van der Waals surface area (Å²) in [6, 6.07) is -1.31. The summed E-state index contributed by atoms with van der Waals surface area (Å²) >= 11 is 0. The lowest BCUT2D eigenvalue weighted by molar-refractivity contribution is -0.131. The number of carbonyl (C=O) groups excluding carboxylic acids is 4. The Labute approximate surface area is 183 Å². The van der Waals surface area contributed by atoms with Crippen LogP contribution in [0.4, 0.5) is 0 Å². The van der Waals surface area contributed by atoms with Crippen LogP contribution < -0.4 is 38.5 Å². The zero-order chi connectivity index (χ0) is 23.6. The van der Waals surface area contributed by atoms with Crippen molar-refractivity contribution in [1.29, 1.82) is 0 Å². The quantitative estimate of drug-likeness (QED) is 0.0723. The molecule has 31 heavy (non-hydrogen) atoms. The number of hydrogen-bond donors (Lipinski definition) is 7. The molecule has 0 aromatic rings. The van der Waals surface area contributed by atoms with Crippen LogP contribution in [0.2, 0.25) is 0 Å². The van der Waals surface area contributed by atoms with Gasteiger partial charge in [-0.1, -0.05) is 6.92 Å². The first kappa shape index (κ1) is 28.3. The molecule has 12 heteroatoms. The third-order valence-electron chi connectivity index (χ3n) is 4.49. The molecule has 0 rings (SSSR count). The second-order valence-electron chi connectivity index (χ2n) is 7.02. The first-order valence-corrected chi connectivity index (χ1v) is 10.5. The van der Waals surface area contributed by atoms with E-state index < -0.39 is 23.9 Å². The number of likely N-dealkylation sites (N-methyl/N-ethyl adjacent to an activating group) is 1. The minimum Gasteiger partial charge on any atom is -0.370 e. The zero-order valence-corrected chi connectivity index (χ0v) is 18.5.